The highest BCUT2D eigenvalue weighted by Crippen LogP contribution is 2.16. The fraction of sp³-hybridized carbons (Fsp3) is 0.571. The lowest BCUT2D eigenvalue weighted by molar-refractivity contribution is 0.0411. The summed E-state index contributed by atoms with van der Waals surface area (Å²) in [4.78, 5) is 6.43. The Morgan fingerprint density at radius 1 is 1.63 bits per heavy atom. The van der Waals surface area contributed by atoms with Gasteiger partial charge in [-0.15, -0.1) is 0 Å². The van der Waals surface area contributed by atoms with Gasteiger partial charge in [-0.1, -0.05) is 6.07 Å². The molecule has 2 heterocycles. The van der Waals surface area contributed by atoms with Gasteiger partial charge in [0.1, 0.15) is 11.5 Å². The first-order valence-electron chi connectivity index (χ1n) is 6.71. The van der Waals surface area contributed by atoms with Crippen LogP contribution in [0.3, 0.4) is 0 Å². The summed E-state index contributed by atoms with van der Waals surface area (Å²) in [5, 5.41) is 7.55. The molecule has 1 atom stereocenters. The Kier molecular flexibility index (Phi) is 4.87. The number of rotatable bonds is 5. The van der Waals surface area contributed by atoms with Crippen LogP contribution in [0.15, 0.2) is 18.3 Å². The Balaban J connectivity index is 1.94. The van der Waals surface area contributed by atoms with E-state index in [1.807, 2.05) is 12.1 Å². The van der Waals surface area contributed by atoms with Gasteiger partial charge in [0.25, 0.3) is 0 Å². The standard InChI is InChI=1S/C14H22N4O/c1-18(8-11-4-3-7-19-10-11)9-12-5-2-6-17-13(12)14(15)16/h2,5-6,11H,3-4,7-10H2,1H3,(H3,15,16). The van der Waals surface area contributed by atoms with Crippen LogP contribution in [0.1, 0.15) is 24.1 Å². The Morgan fingerprint density at radius 3 is 3.16 bits per heavy atom. The highest BCUT2D eigenvalue weighted by molar-refractivity contribution is 5.94. The minimum absolute atomic E-state index is 0.0324. The van der Waals surface area contributed by atoms with E-state index < -0.39 is 0 Å². The van der Waals surface area contributed by atoms with E-state index in [1.165, 1.54) is 6.42 Å². The van der Waals surface area contributed by atoms with Crippen LogP contribution in [0.5, 0.6) is 0 Å². The van der Waals surface area contributed by atoms with Crippen molar-refractivity contribution in [3.05, 3.63) is 29.6 Å². The number of nitrogens with one attached hydrogen (secondary N) is 1. The quantitative estimate of drug-likeness (QED) is 0.618. The molecule has 0 bridgehead atoms. The van der Waals surface area contributed by atoms with E-state index in [2.05, 4.69) is 16.9 Å². The molecule has 1 aromatic heterocycles. The number of ether oxygens (including phenoxy) is 1. The van der Waals surface area contributed by atoms with Crippen LogP contribution in [-0.4, -0.2) is 42.5 Å². The smallest absolute Gasteiger partial charge is 0.142 e. The molecule has 1 saturated heterocycles. The maximum Gasteiger partial charge on any atom is 0.142 e. The molecule has 1 unspecified atom stereocenters. The van der Waals surface area contributed by atoms with E-state index in [0.29, 0.717) is 11.6 Å². The topological polar surface area (TPSA) is 75.2 Å². The molecule has 104 valence electrons. The highest BCUT2D eigenvalue weighted by Gasteiger charge is 2.17. The summed E-state index contributed by atoms with van der Waals surface area (Å²) < 4.78 is 5.50. The summed E-state index contributed by atoms with van der Waals surface area (Å²) in [6.45, 7) is 3.53. The van der Waals surface area contributed by atoms with Crippen LogP contribution in [0.25, 0.3) is 0 Å². The van der Waals surface area contributed by atoms with Crippen molar-refractivity contribution in [3.63, 3.8) is 0 Å². The van der Waals surface area contributed by atoms with Crippen molar-refractivity contribution in [1.82, 2.24) is 9.88 Å². The van der Waals surface area contributed by atoms with Crippen molar-refractivity contribution < 1.29 is 4.74 Å². The minimum Gasteiger partial charge on any atom is -0.382 e. The molecule has 2 rings (SSSR count). The molecule has 5 heteroatoms. The molecule has 19 heavy (non-hydrogen) atoms. The van der Waals surface area contributed by atoms with Crippen LogP contribution in [0.4, 0.5) is 0 Å². The number of nitrogens with two attached hydrogens (primary N) is 1. The lowest BCUT2D eigenvalue weighted by Gasteiger charge is -2.27. The third-order valence-corrected chi connectivity index (χ3v) is 3.41. The number of aromatic nitrogens is 1. The van der Waals surface area contributed by atoms with E-state index in [9.17, 15) is 0 Å². The minimum atomic E-state index is 0.0324. The van der Waals surface area contributed by atoms with Gasteiger partial charge < -0.3 is 15.4 Å². The normalized spacial score (nSPS) is 19.6. The Labute approximate surface area is 114 Å². The largest absolute Gasteiger partial charge is 0.382 e. The number of nitrogens with zero attached hydrogens (tertiary/aromatic N) is 2. The Hall–Kier alpha value is -1.46. The first-order valence-corrected chi connectivity index (χ1v) is 6.71. The maximum absolute atomic E-state index is 7.55. The molecule has 5 nitrogen and oxygen atoms in total. The molecule has 0 spiro atoms. The average Bonchev–Trinajstić information content (AvgIpc) is 2.40. The van der Waals surface area contributed by atoms with Crippen LogP contribution in [0, 0.1) is 11.3 Å². The molecule has 1 fully saturated rings. The molecular weight excluding hydrogens is 240 g/mol. The Bertz CT molecular complexity index is 429. The van der Waals surface area contributed by atoms with Gasteiger partial charge in [0.05, 0.1) is 6.61 Å². The zero-order chi connectivity index (χ0) is 13.7. The SMILES string of the molecule is CN(Cc1cccnc1C(=N)N)CC1CCCOC1. The molecule has 0 aromatic carbocycles. The summed E-state index contributed by atoms with van der Waals surface area (Å²) in [5.41, 5.74) is 7.16. The first-order chi connectivity index (χ1) is 9.16. The number of nitrogen functional groups attached to an aromatic ring is 1. The molecule has 0 aliphatic carbocycles. The second kappa shape index (κ2) is 6.63. The number of amidine groups is 1. The van der Waals surface area contributed by atoms with E-state index in [4.69, 9.17) is 15.9 Å². The summed E-state index contributed by atoms with van der Waals surface area (Å²) in [7, 11) is 2.09. The van der Waals surface area contributed by atoms with E-state index in [-0.39, 0.29) is 5.84 Å². The van der Waals surface area contributed by atoms with Gasteiger partial charge in [-0.2, -0.15) is 0 Å². The van der Waals surface area contributed by atoms with E-state index >= 15 is 0 Å². The van der Waals surface area contributed by atoms with Gasteiger partial charge in [0.15, 0.2) is 0 Å². The zero-order valence-corrected chi connectivity index (χ0v) is 11.4. The third-order valence-electron chi connectivity index (χ3n) is 3.41. The third kappa shape index (κ3) is 4.01. The van der Waals surface area contributed by atoms with Gasteiger partial charge in [-0.05, 0) is 37.4 Å². The molecule has 0 saturated carbocycles. The molecule has 1 aliphatic heterocycles. The zero-order valence-electron chi connectivity index (χ0n) is 11.4. The van der Waals surface area contributed by atoms with Gasteiger partial charge in [-0.3, -0.25) is 10.4 Å². The van der Waals surface area contributed by atoms with Crippen molar-refractivity contribution in [2.24, 2.45) is 11.7 Å². The lowest BCUT2D eigenvalue weighted by atomic mass is 10.0. The van der Waals surface area contributed by atoms with Crippen molar-refractivity contribution in [3.8, 4) is 0 Å². The van der Waals surface area contributed by atoms with Gasteiger partial charge >= 0.3 is 0 Å². The van der Waals surface area contributed by atoms with Crippen LogP contribution in [0.2, 0.25) is 0 Å². The fourth-order valence-electron chi connectivity index (χ4n) is 2.56. The number of hydrogen-bond donors (Lipinski definition) is 2. The summed E-state index contributed by atoms with van der Waals surface area (Å²) in [6, 6.07) is 3.87. The molecule has 0 amide bonds. The Morgan fingerprint density at radius 2 is 2.47 bits per heavy atom. The van der Waals surface area contributed by atoms with Crippen molar-refractivity contribution in [1.29, 1.82) is 5.41 Å². The predicted octanol–water partition coefficient (Wildman–Crippen LogP) is 1.22. The van der Waals surface area contributed by atoms with Gasteiger partial charge in [-0.25, -0.2) is 0 Å². The molecular formula is C14H22N4O. The molecule has 1 aliphatic rings. The molecule has 0 radical (unpaired) electrons. The lowest BCUT2D eigenvalue weighted by Crippen LogP contribution is -2.31. The van der Waals surface area contributed by atoms with Crippen LogP contribution in [-0.2, 0) is 11.3 Å². The highest BCUT2D eigenvalue weighted by atomic mass is 16.5. The summed E-state index contributed by atoms with van der Waals surface area (Å²) >= 11 is 0. The monoisotopic (exact) mass is 262 g/mol. The predicted molar refractivity (Wildman–Crippen MR) is 75.1 cm³/mol. The van der Waals surface area contributed by atoms with Crippen molar-refractivity contribution in [2.45, 2.75) is 19.4 Å². The number of hydrogen-bond acceptors (Lipinski definition) is 4. The summed E-state index contributed by atoms with van der Waals surface area (Å²) in [6.07, 6.45) is 4.07. The van der Waals surface area contributed by atoms with Crippen molar-refractivity contribution >= 4 is 5.84 Å². The van der Waals surface area contributed by atoms with Crippen molar-refractivity contribution in [2.75, 3.05) is 26.8 Å². The maximum atomic E-state index is 7.55. The fourth-order valence-corrected chi connectivity index (χ4v) is 2.56. The second-order valence-corrected chi connectivity index (χ2v) is 5.20. The van der Waals surface area contributed by atoms with Gasteiger partial charge in [0, 0.05) is 25.9 Å². The van der Waals surface area contributed by atoms with Gasteiger partial charge in [0.2, 0.25) is 0 Å². The van der Waals surface area contributed by atoms with Crippen LogP contribution < -0.4 is 5.73 Å². The number of pyridine rings is 1. The average molecular weight is 262 g/mol. The van der Waals surface area contributed by atoms with E-state index in [0.717, 1.165) is 38.3 Å². The molecule has 1 aromatic rings. The van der Waals surface area contributed by atoms with Crippen LogP contribution >= 0.6 is 0 Å². The summed E-state index contributed by atoms with van der Waals surface area (Å²) in [5.74, 6) is 0.640. The molecule has 3 N–H and O–H groups in total. The van der Waals surface area contributed by atoms with E-state index in [1.54, 1.807) is 6.20 Å². The first kappa shape index (κ1) is 14.0. The second-order valence-electron chi connectivity index (χ2n) is 5.20.